The lowest BCUT2D eigenvalue weighted by molar-refractivity contribution is -0.135. The van der Waals surface area contributed by atoms with Crippen molar-refractivity contribution in [2.75, 3.05) is 13.2 Å². The van der Waals surface area contributed by atoms with Crippen LogP contribution < -0.4 is 0 Å². The summed E-state index contributed by atoms with van der Waals surface area (Å²) >= 11 is 0. The molecule has 6 N–H and O–H groups in total. The van der Waals surface area contributed by atoms with Crippen molar-refractivity contribution in [1.82, 2.24) is 0 Å². The van der Waals surface area contributed by atoms with Gasteiger partial charge in [-0.05, 0) is 0 Å². The summed E-state index contributed by atoms with van der Waals surface area (Å²) in [6.07, 6.45) is -8.34. The van der Waals surface area contributed by atoms with Gasteiger partial charge in [-0.25, -0.2) is 0 Å². The zero-order chi connectivity index (χ0) is 11.6. The Morgan fingerprint density at radius 2 is 1.80 bits per heavy atom. The Balaban J connectivity index is 2.56. The molecule has 1 fully saturated rings. The number of rotatable bonds is 4. The van der Waals surface area contributed by atoms with Crippen LogP contribution in [0, 0.1) is 0 Å². The molecule has 1 saturated heterocycles. The van der Waals surface area contributed by atoms with Crippen molar-refractivity contribution >= 4 is 0 Å². The van der Waals surface area contributed by atoms with Crippen LogP contribution >= 0.6 is 0 Å². The average Bonchev–Trinajstić information content (AvgIpc) is 2.56. The van der Waals surface area contributed by atoms with Crippen molar-refractivity contribution in [3.63, 3.8) is 0 Å². The second-order valence-corrected chi connectivity index (χ2v) is 3.59. The molecule has 1 heterocycles. The normalized spacial score (nSPS) is 37.6. The van der Waals surface area contributed by atoms with E-state index in [1.54, 1.807) is 0 Å². The maximum atomic E-state index is 9.49. The van der Waals surface area contributed by atoms with E-state index < -0.39 is 43.2 Å². The Hall–Kier alpha value is -0.280. The molecule has 0 bridgehead atoms. The molecular formula is C8H16O7. The minimum absolute atomic E-state index is 0.148. The lowest BCUT2D eigenvalue weighted by atomic mass is 9.99. The highest BCUT2D eigenvalue weighted by Crippen LogP contribution is 2.20. The van der Waals surface area contributed by atoms with Crippen molar-refractivity contribution in [2.45, 2.75) is 36.6 Å². The van der Waals surface area contributed by atoms with Crippen LogP contribution in [-0.4, -0.2) is 80.5 Å². The summed E-state index contributed by atoms with van der Waals surface area (Å²) in [6.45, 7) is -0.867. The van der Waals surface area contributed by atoms with E-state index in [2.05, 4.69) is 0 Å². The first-order chi connectivity index (χ1) is 6.99. The predicted octanol–water partition coefficient (Wildman–Crippen LogP) is -3.82. The molecular weight excluding hydrogens is 208 g/mol. The standard InChI is InChI=1S/C8H16O7/c9-1-3(10)5(12)7(14)8-6(13)4(11)2-15-8/h3-14H,1-2H2/t3-,4+,5+,6+,7+,8+/m1/s1. The molecule has 7 heteroatoms. The number of aliphatic hydroxyl groups excluding tert-OH is 6. The van der Waals surface area contributed by atoms with Crippen LogP contribution in [0.15, 0.2) is 0 Å². The maximum Gasteiger partial charge on any atom is 0.115 e. The van der Waals surface area contributed by atoms with E-state index in [4.69, 9.17) is 20.1 Å². The summed E-state index contributed by atoms with van der Waals surface area (Å²) in [5.74, 6) is 0. The summed E-state index contributed by atoms with van der Waals surface area (Å²) in [4.78, 5) is 0. The van der Waals surface area contributed by atoms with E-state index in [-0.39, 0.29) is 6.61 Å². The third-order valence-electron chi connectivity index (χ3n) is 2.46. The molecule has 0 radical (unpaired) electrons. The highest BCUT2D eigenvalue weighted by molar-refractivity contribution is 4.92. The highest BCUT2D eigenvalue weighted by atomic mass is 16.5. The fraction of sp³-hybridized carbons (Fsp3) is 1.00. The molecule has 7 nitrogen and oxygen atoms in total. The summed E-state index contributed by atoms with van der Waals surface area (Å²) < 4.78 is 4.85. The van der Waals surface area contributed by atoms with E-state index in [9.17, 15) is 15.3 Å². The number of ether oxygens (including phenoxy) is 1. The molecule has 6 atom stereocenters. The second-order valence-electron chi connectivity index (χ2n) is 3.59. The second kappa shape index (κ2) is 5.17. The van der Waals surface area contributed by atoms with E-state index in [1.165, 1.54) is 0 Å². The van der Waals surface area contributed by atoms with Crippen molar-refractivity contribution in [1.29, 1.82) is 0 Å². The zero-order valence-electron chi connectivity index (χ0n) is 7.97. The van der Waals surface area contributed by atoms with Crippen molar-refractivity contribution in [3.8, 4) is 0 Å². The minimum Gasteiger partial charge on any atom is -0.394 e. The molecule has 1 aliphatic rings. The Kier molecular flexibility index (Phi) is 4.41. The van der Waals surface area contributed by atoms with Gasteiger partial charge in [-0.1, -0.05) is 0 Å². The van der Waals surface area contributed by atoms with Gasteiger partial charge in [0.25, 0.3) is 0 Å². The summed E-state index contributed by atoms with van der Waals surface area (Å²) in [6, 6.07) is 0. The van der Waals surface area contributed by atoms with Crippen molar-refractivity contribution < 1.29 is 35.4 Å². The van der Waals surface area contributed by atoms with Gasteiger partial charge in [0.05, 0.1) is 13.2 Å². The molecule has 15 heavy (non-hydrogen) atoms. The van der Waals surface area contributed by atoms with Gasteiger partial charge in [-0.2, -0.15) is 0 Å². The SMILES string of the molecule is OC[C@@H](O)[C@H](O)[C@H](O)[C@H]1OC[C@H](O)[C@@H]1O. The molecule has 0 aromatic rings. The van der Waals surface area contributed by atoms with Crippen LogP contribution in [0.2, 0.25) is 0 Å². The fourth-order valence-electron chi connectivity index (χ4n) is 1.46. The lowest BCUT2D eigenvalue weighted by Crippen LogP contribution is -2.50. The molecule has 0 aromatic heterocycles. The third kappa shape index (κ3) is 2.64. The van der Waals surface area contributed by atoms with Crippen LogP contribution in [-0.2, 0) is 4.74 Å². The maximum absolute atomic E-state index is 9.49. The molecule has 0 unspecified atom stereocenters. The first-order valence-electron chi connectivity index (χ1n) is 4.61. The largest absolute Gasteiger partial charge is 0.394 e. The molecule has 0 saturated carbocycles. The van der Waals surface area contributed by atoms with Crippen LogP contribution in [0.25, 0.3) is 0 Å². The van der Waals surface area contributed by atoms with Gasteiger partial charge in [0.2, 0.25) is 0 Å². The van der Waals surface area contributed by atoms with Gasteiger partial charge in [-0.3, -0.25) is 0 Å². The van der Waals surface area contributed by atoms with Crippen molar-refractivity contribution in [2.24, 2.45) is 0 Å². The van der Waals surface area contributed by atoms with E-state index in [0.717, 1.165) is 0 Å². The number of aliphatic hydroxyl groups is 6. The van der Waals surface area contributed by atoms with E-state index in [0.29, 0.717) is 0 Å². The Bertz CT molecular complexity index is 199. The van der Waals surface area contributed by atoms with E-state index in [1.807, 2.05) is 0 Å². The Morgan fingerprint density at radius 3 is 2.20 bits per heavy atom. The topological polar surface area (TPSA) is 131 Å². The summed E-state index contributed by atoms with van der Waals surface area (Å²) in [7, 11) is 0. The van der Waals surface area contributed by atoms with Crippen LogP contribution in [0.1, 0.15) is 0 Å². The summed E-state index contributed by atoms with van der Waals surface area (Å²) in [5, 5.41) is 54.9. The highest BCUT2D eigenvalue weighted by Gasteiger charge is 2.43. The lowest BCUT2D eigenvalue weighted by Gasteiger charge is -2.27. The van der Waals surface area contributed by atoms with Gasteiger partial charge < -0.3 is 35.4 Å². The van der Waals surface area contributed by atoms with Gasteiger partial charge in [-0.15, -0.1) is 0 Å². The van der Waals surface area contributed by atoms with E-state index >= 15 is 0 Å². The number of hydrogen-bond acceptors (Lipinski definition) is 7. The fourth-order valence-corrected chi connectivity index (χ4v) is 1.46. The summed E-state index contributed by atoms with van der Waals surface area (Å²) in [5.41, 5.74) is 0. The first-order valence-corrected chi connectivity index (χ1v) is 4.61. The van der Waals surface area contributed by atoms with Crippen LogP contribution in [0.3, 0.4) is 0 Å². The molecule has 0 aliphatic carbocycles. The van der Waals surface area contributed by atoms with Crippen LogP contribution in [0.5, 0.6) is 0 Å². The Morgan fingerprint density at radius 1 is 1.20 bits per heavy atom. The minimum atomic E-state index is -1.64. The average molecular weight is 224 g/mol. The third-order valence-corrected chi connectivity index (χ3v) is 2.46. The van der Waals surface area contributed by atoms with Gasteiger partial charge in [0.1, 0.15) is 36.6 Å². The molecule has 1 rings (SSSR count). The quantitative estimate of drug-likeness (QED) is 0.288. The molecule has 0 spiro atoms. The van der Waals surface area contributed by atoms with Gasteiger partial charge in [0.15, 0.2) is 0 Å². The Labute approximate surface area is 86.2 Å². The van der Waals surface area contributed by atoms with Crippen molar-refractivity contribution in [3.05, 3.63) is 0 Å². The molecule has 1 aliphatic heterocycles. The molecule has 0 amide bonds. The molecule has 0 aromatic carbocycles. The monoisotopic (exact) mass is 224 g/mol. The first kappa shape index (κ1) is 12.8. The zero-order valence-corrected chi connectivity index (χ0v) is 7.97. The molecule has 90 valence electrons. The smallest absolute Gasteiger partial charge is 0.115 e. The predicted molar refractivity (Wildman–Crippen MR) is 46.9 cm³/mol. The van der Waals surface area contributed by atoms with Crippen LogP contribution in [0.4, 0.5) is 0 Å². The van der Waals surface area contributed by atoms with Gasteiger partial charge in [0, 0.05) is 0 Å². The number of hydrogen-bond donors (Lipinski definition) is 6. The van der Waals surface area contributed by atoms with Gasteiger partial charge >= 0.3 is 0 Å².